The fraction of sp³-hybridized carbons (Fsp3) is 0.107. The summed E-state index contributed by atoms with van der Waals surface area (Å²) in [6.45, 7) is -0.425. The van der Waals surface area contributed by atoms with Crippen molar-refractivity contribution in [3.63, 3.8) is 0 Å². The number of ether oxygens (including phenoxy) is 1. The number of carbonyl (C=O) groups is 2. The first-order valence-electron chi connectivity index (χ1n) is 11.3. The van der Waals surface area contributed by atoms with E-state index >= 15 is 0 Å². The van der Waals surface area contributed by atoms with Crippen LogP contribution in [-0.2, 0) is 16.0 Å². The summed E-state index contributed by atoms with van der Waals surface area (Å²) in [7, 11) is 0. The molecule has 0 aliphatic heterocycles. The van der Waals surface area contributed by atoms with Crippen molar-refractivity contribution < 1.29 is 23.8 Å². The van der Waals surface area contributed by atoms with Crippen molar-refractivity contribution in [2.24, 2.45) is 0 Å². The second-order valence-electron chi connectivity index (χ2n) is 8.29. The van der Waals surface area contributed by atoms with E-state index in [4.69, 9.17) is 9.15 Å². The third-order valence-corrected chi connectivity index (χ3v) is 5.89. The standard InChI is InChI=1S/C28H22N2O6/c31-26(30-24(28(33)34)12-18-15-29-23-9-5-4-8-20(18)23)16-35-19-10-11-21-22(17-6-2-1-3-7-17)14-27(32)36-25(21)13-19/h1-11,13-15,24,29H,12,16H2,(H,30,31)(H,33,34)/p-1/t24-/m1/s1. The number of hydrogen-bond donors (Lipinski definition) is 2. The summed E-state index contributed by atoms with van der Waals surface area (Å²) >= 11 is 0. The molecule has 2 heterocycles. The van der Waals surface area contributed by atoms with Gasteiger partial charge in [0, 0.05) is 41.0 Å². The smallest absolute Gasteiger partial charge is 0.336 e. The third kappa shape index (κ3) is 4.83. The van der Waals surface area contributed by atoms with Gasteiger partial charge < -0.3 is 29.4 Å². The Morgan fingerprint density at radius 1 is 0.972 bits per heavy atom. The SMILES string of the molecule is O=C(COc1ccc2c(-c3ccccc3)cc(=O)oc2c1)N[C@H](Cc1c[nH]c2ccccc12)C(=O)[O-]. The number of fused-ring (bicyclic) bond motifs is 2. The van der Waals surface area contributed by atoms with E-state index < -0.39 is 30.2 Å². The van der Waals surface area contributed by atoms with Gasteiger partial charge in [0.05, 0.1) is 12.0 Å². The van der Waals surface area contributed by atoms with Crippen molar-refractivity contribution >= 4 is 33.7 Å². The zero-order valence-electron chi connectivity index (χ0n) is 19.0. The number of aliphatic carboxylic acids is 1. The fourth-order valence-electron chi connectivity index (χ4n) is 4.19. The van der Waals surface area contributed by atoms with Gasteiger partial charge in [-0.1, -0.05) is 48.5 Å². The minimum absolute atomic E-state index is 0.0570. The molecule has 0 fully saturated rings. The Bertz CT molecular complexity index is 1620. The van der Waals surface area contributed by atoms with Crippen molar-refractivity contribution in [3.05, 3.63) is 101 Å². The number of para-hydroxylation sites is 1. The molecule has 0 bridgehead atoms. The Labute approximate surface area is 205 Å². The van der Waals surface area contributed by atoms with Crippen LogP contribution < -0.4 is 20.8 Å². The van der Waals surface area contributed by atoms with Crippen LogP contribution in [0.3, 0.4) is 0 Å². The minimum atomic E-state index is -1.39. The van der Waals surface area contributed by atoms with Crippen LogP contribution in [0.15, 0.2) is 94.3 Å². The molecule has 36 heavy (non-hydrogen) atoms. The Morgan fingerprint density at radius 2 is 1.75 bits per heavy atom. The number of hydrogen-bond acceptors (Lipinski definition) is 6. The normalized spacial score (nSPS) is 11.9. The van der Waals surface area contributed by atoms with Gasteiger partial charge in [0.2, 0.25) is 0 Å². The molecule has 1 amide bonds. The van der Waals surface area contributed by atoms with Crippen LogP contribution in [0.5, 0.6) is 5.75 Å². The molecule has 0 saturated heterocycles. The summed E-state index contributed by atoms with van der Waals surface area (Å²) < 4.78 is 10.9. The number of aromatic nitrogens is 1. The van der Waals surface area contributed by atoms with Crippen molar-refractivity contribution in [3.8, 4) is 16.9 Å². The third-order valence-electron chi connectivity index (χ3n) is 5.89. The van der Waals surface area contributed by atoms with Gasteiger partial charge >= 0.3 is 5.63 Å². The molecule has 5 aromatic rings. The van der Waals surface area contributed by atoms with Crippen LogP contribution in [0.2, 0.25) is 0 Å². The second-order valence-corrected chi connectivity index (χ2v) is 8.29. The van der Waals surface area contributed by atoms with E-state index in [0.29, 0.717) is 16.7 Å². The van der Waals surface area contributed by atoms with Crippen LogP contribution in [0.1, 0.15) is 5.56 Å². The van der Waals surface area contributed by atoms with E-state index in [1.807, 2.05) is 54.6 Å². The molecule has 1 atom stereocenters. The number of carbonyl (C=O) groups excluding carboxylic acids is 2. The van der Waals surface area contributed by atoms with E-state index in [0.717, 1.165) is 27.6 Å². The van der Waals surface area contributed by atoms with Gasteiger partial charge in [0.1, 0.15) is 11.3 Å². The zero-order chi connectivity index (χ0) is 25.1. The lowest BCUT2D eigenvalue weighted by molar-refractivity contribution is -0.308. The molecule has 180 valence electrons. The molecular weight excluding hydrogens is 460 g/mol. The molecule has 0 saturated carbocycles. The lowest BCUT2D eigenvalue weighted by Crippen LogP contribution is -2.50. The Kier molecular flexibility index (Phi) is 6.23. The average molecular weight is 481 g/mol. The van der Waals surface area contributed by atoms with Gasteiger partial charge in [0.15, 0.2) is 6.61 Å². The molecule has 2 N–H and O–H groups in total. The summed E-state index contributed by atoms with van der Waals surface area (Å²) in [4.78, 5) is 39.4. The van der Waals surface area contributed by atoms with Crippen molar-refractivity contribution in [2.45, 2.75) is 12.5 Å². The molecule has 2 aromatic heterocycles. The first-order valence-corrected chi connectivity index (χ1v) is 11.3. The van der Waals surface area contributed by atoms with E-state index in [2.05, 4.69) is 10.3 Å². The van der Waals surface area contributed by atoms with Crippen molar-refractivity contribution in [1.29, 1.82) is 0 Å². The molecule has 8 nitrogen and oxygen atoms in total. The number of benzene rings is 3. The maximum atomic E-state index is 12.5. The van der Waals surface area contributed by atoms with Gasteiger partial charge in [-0.05, 0) is 34.9 Å². The Balaban J connectivity index is 1.28. The second kappa shape index (κ2) is 9.79. The average Bonchev–Trinajstić information content (AvgIpc) is 3.29. The quantitative estimate of drug-likeness (QED) is 0.329. The number of aromatic amines is 1. The number of carboxylic acid groups (broad SMARTS) is 1. The molecular formula is C28H21N2O6-. The largest absolute Gasteiger partial charge is 0.548 e. The maximum absolute atomic E-state index is 12.5. The van der Waals surface area contributed by atoms with Crippen molar-refractivity contribution in [2.75, 3.05) is 6.61 Å². The number of nitrogens with one attached hydrogen (secondary N) is 2. The van der Waals surface area contributed by atoms with E-state index in [1.165, 1.54) is 12.1 Å². The summed E-state index contributed by atoms with van der Waals surface area (Å²) in [5, 5.41) is 15.7. The van der Waals surface area contributed by atoms with Gasteiger partial charge in [-0.2, -0.15) is 0 Å². The topological polar surface area (TPSA) is 124 Å². The first-order chi connectivity index (χ1) is 17.5. The highest BCUT2D eigenvalue weighted by Crippen LogP contribution is 2.29. The van der Waals surface area contributed by atoms with Crippen LogP contribution in [0, 0.1) is 0 Å². The highest BCUT2D eigenvalue weighted by Gasteiger charge is 2.17. The summed E-state index contributed by atoms with van der Waals surface area (Å²) in [6, 6.07) is 22.1. The van der Waals surface area contributed by atoms with Gasteiger partial charge in [0.25, 0.3) is 5.91 Å². The molecule has 5 rings (SSSR count). The maximum Gasteiger partial charge on any atom is 0.336 e. The molecule has 0 spiro atoms. The molecule has 8 heteroatoms. The van der Waals surface area contributed by atoms with Crippen LogP contribution in [0.25, 0.3) is 33.0 Å². The van der Waals surface area contributed by atoms with Crippen LogP contribution >= 0.6 is 0 Å². The molecule has 0 aliphatic rings. The lowest BCUT2D eigenvalue weighted by Gasteiger charge is -2.19. The predicted octanol–water partition coefficient (Wildman–Crippen LogP) is 2.80. The predicted molar refractivity (Wildman–Crippen MR) is 132 cm³/mol. The fourth-order valence-corrected chi connectivity index (χ4v) is 4.19. The monoisotopic (exact) mass is 481 g/mol. The molecule has 0 radical (unpaired) electrons. The van der Waals surface area contributed by atoms with Gasteiger partial charge in [-0.3, -0.25) is 4.79 Å². The summed E-state index contributed by atoms with van der Waals surface area (Å²) in [6.07, 6.45) is 1.78. The Morgan fingerprint density at radius 3 is 2.56 bits per heavy atom. The van der Waals surface area contributed by atoms with Crippen LogP contribution in [0.4, 0.5) is 0 Å². The van der Waals surface area contributed by atoms with E-state index in [9.17, 15) is 19.5 Å². The van der Waals surface area contributed by atoms with Gasteiger partial charge in [-0.15, -0.1) is 0 Å². The number of H-pyrrole nitrogens is 1. The summed E-state index contributed by atoms with van der Waals surface area (Å²) in [5.74, 6) is -1.72. The highest BCUT2D eigenvalue weighted by molar-refractivity contribution is 5.94. The highest BCUT2D eigenvalue weighted by atomic mass is 16.5. The van der Waals surface area contributed by atoms with E-state index in [1.54, 1.807) is 18.3 Å². The molecule has 0 unspecified atom stereocenters. The molecule has 3 aromatic carbocycles. The zero-order valence-corrected chi connectivity index (χ0v) is 19.0. The number of rotatable bonds is 8. The lowest BCUT2D eigenvalue weighted by atomic mass is 10.0. The van der Waals surface area contributed by atoms with Crippen molar-refractivity contribution in [1.82, 2.24) is 10.3 Å². The summed E-state index contributed by atoms with van der Waals surface area (Å²) in [5.41, 5.74) is 3.01. The molecule has 0 aliphatic carbocycles. The first kappa shape index (κ1) is 22.9. The minimum Gasteiger partial charge on any atom is -0.548 e. The Hall–Kier alpha value is -4.85. The van der Waals surface area contributed by atoms with Crippen LogP contribution in [-0.4, -0.2) is 29.5 Å². The number of amides is 1. The van der Waals surface area contributed by atoms with Gasteiger partial charge in [-0.25, -0.2) is 4.79 Å². The number of carboxylic acids is 1. The van der Waals surface area contributed by atoms with E-state index in [-0.39, 0.29) is 6.42 Å².